The van der Waals surface area contributed by atoms with Gasteiger partial charge in [0.2, 0.25) is 11.0 Å². The number of furan rings is 1. The lowest BCUT2D eigenvalue weighted by molar-refractivity contribution is -0.132. The topological polar surface area (TPSA) is 80.5 Å². The molecular weight excluding hydrogens is 364 g/mol. The van der Waals surface area contributed by atoms with E-state index < -0.39 is 0 Å². The Kier molecular flexibility index (Phi) is 6.95. The molecule has 7 nitrogen and oxygen atoms in total. The monoisotopic (exact) mass is 386 g/mol. The van der Waals surface area contributed by atoms with Gasteiger partial charge in [-0.15, -0.1) is 0 Å². The molecule has 1 N–H and O–H groups in total. The standard InChI is InChI=1S/C19H22N4O3S/c1-2-26-21-18(24)10-11-23(14-16-9-6-12-25-16)19-20-17(22-27-19)13-15-7-4-3-5-8-15/h3-9,12H,2,10-11,13-14H2,1H3,(H,21,24). The fraction of sp³-hybridized carbons (Fsp3) is 0.316. The van der Waals surface area contributed by atoms with Gasteiger partial charge >= 0.3 is 0 Å². The molecule has 1 aromatic carbocycles. The minimum absolute atomic E-state index is 0.171. The van der Waals surface area contributed by atoms with E-state index in [1.807, 2.05) is 42.2 Å². The number of carbonyl (C=O) groups is 1. The van der Waals surface area contributed by atoms with Gasteiger partial charge in [-0.05, 0) is 24.6 Å². The van der Waals surface area contributed by atoms with E-state index in [1.165, 1.54) is 11.5 Å². The SMILES string of the molecule is CCONC(=O)CCN(Cc1ccco1)c1nc(Cc2ccccc2)ns1. The van der Waals surface area contributed by atoms with Crippen LogP contribution >= 0.6 is 11.5 Å². The second kappa shape index (κ2) is 9.84. The van der Waals surface area contributed by atoms with Crippen molar-refractivity contribution in [2.24, 2.45) is 0 Å². The highest BCUT2D eigenvalue weighted by Gasteiger charge is 2.16. The number of benzene rings is 1. The molecule has 0 bridgehead atoms. The zero-order chi connectivity index (χ0) is 18.9. The maximum Gasteiger partial charge on any atom is 0.245 e. The minimum atomic E-state index is -0.171. The molecule has 0 aliphatic carbocycles. The lowest BCUT2D eigenvalue weighted by atomic mass is 10.1. The minimum Gasteiger partial charge on any atom is -0.467 e. The van der Waals surface area contributed by atoms with Gasteiger partial charge in [-0.25, -0.2) is 10.5 Å². The molecule has 0 saturated heterocycles. The summed E-state index contributed by atoms with van der Waals surface area (Å²) in [6.07, 6.45) is 2.60. The number of hydrogen-bond acceptors (Lipinski definition) is 7. The normalized spacial score (nSPS) is 10.7. The lowest BCUT2D eigenvalue weighted by Gasteiger charge is -2.19. The van der Waals surface area contributed by atoms with Crippen molar-refractivity contribution < 1.29 is 14.0 Å². The summed E-state index contributed by atoms with van der Waals surface area (Å²) in [6, 6.07) is 13.8. The van der Waals surface area contributed by atoms with Gasteiger partial charge in [0.1, 0.15) is 11.6 Å². The van der Waals surface area contributed by atoms with Crippen molar-refractivity contribution >= 4 is 22.6 Å². The van der Waals surface area contributed by atoms with E-state index in [0.717, 1.165) is 22.3 Å². The van der Waals surface area contributed by atoms with Gasteiger partial charge in [0.15, 0.2) is 0 Å². The van der Waals surface area contributed by atoms with Gasteiger partial charge in [-0.2, -0.15) is 4.37 Å². The van der Waals surface area contributed by atoms with Gasteiger partial charge in [0, 0.05) is 30.9 Å². The Morgan fingerprint density at radius 3 is 2.85 bits per heavy atom. The van der Waals surface area contributed by atoms with Crippen molar-refractivity contribution in [3.8, 4) is 0 Å². The number of hydroxylamine groups is 1. The Morgan fingerprint density at radius 1 is 1.26 bits per heavy atom. The first-order valence-corrected chi connectivity index (χ1v) is 9.56. The number of anilines is 1. The summed E-state index contributed by atoms with van der Waals surface area (Å²) in [4.78, 5) is 23.5. The van der Waals surface area contributed by atoms with Crippen molar-refractivity contribution in [2.45, 2.75) is 26.3 Å². The highest BCUT2D eigenvalue weighted by molar-refractivity contribution is 7.09. The first-order chi connectivity index (χ1) is 13.2. The predicted molar refractivity (Wildman–Crippen MR) is 103 cm³/mol. The third-order valence-corrected chi connectivity index (χ3v) is 4.61. The number of hydrogen-bond donors (Lipinski definition) is 1. The summed E-state index contributed by atoms with van der Waals surface area (Å²) in [5.41, 5.74) is 3.58. The molecule has 142 valence electrons. The van der Waals surface area contributed by atoms with Crippen LogP contribution in [-0.4, -0.2) is 28.4 Å². The van der Waals surface area contributed by atoms with Crippen LogP contribution in [0.3, 0.4) is 0 Å². The van der Waals surface area contributed by atoms with Crippen LogP contribution in [0.2, 0.25) is 0 Å². The summed E-state index contributed by atoms with van der Waals surface area (Å²) >= 11 is 1.33. The summed E-state index contributed by atoms with van der Waals surface area (Å²) < 4.78 is 9.92. The number of nitrogens with zero attached hydrogens (tertiary/aromatic N) is 3. The van der Waals surface area contributed by atoms with Crippen LogP contribution in [0, 0.1) is 0 Å². The second-order valence-corrected chi connectivity index (χ2v) is 6.60. The molecule has 27 heavy (non-hydrogen) atoms. The number of rotatable bonds is 10. The van der Waals surface area contributed by atoms with Crippen LogP contribution < -0.4 is 10.4 Å². The molecule has 0 aliphatic heterocycles. The summed E-state index contributed by atoms with van der Waals surface area (Å²) in [6.45, 7) is 3.26. The summed E-state index contributed by atoms with van der Waals surface area (Å²) in [5, 5.41) is 0.765. The van der Waals surface area contributed by atoms with Crippen LogP contribution in [0.15, 0.2) is 53.1 Å². The first kappa shape index (κ1) is 19.1. The Hall–Kier alpha value is -2.71. The molecule has 2 heterocycles. The number of aromatic nitrogens is 2. The molecule has 8 heteroatoms. The summed E-state index contributed by atoms with van der Waals surface area (Å²) in [5.74, 6) is 1.40. The Balaban J connectivity index is 1.67. The third kappa shape index (κ3) is 5.90. The molecular formula is C19H22N4O3S. The zero-order valence-electron chi connectivity index (χ0n) is 15.1. The number of amides is 1. The van der Waals surface area contributed by atoms with Gasteiger partial charge in [-0.1, -0.05) is 30.3 Å². The third-order valence-electron chi connectivity index (χ3n) is 3.80. The van der Waals surface area contributed by atoms with Gasteiger partial charge in [0.05, 0.1) is 19.4 Å². The van der Waals surface area contributed by atoms with Crippen LogP contribution in [-0.2, 0) is 22.6 Å². The molecule has 0 fully saturated rings. The quantitative estimate of drug-likeness (QED) is 0.539. The fourth-order valence-electron chi connectivity index (χ4n) is 2.50. The zero-order valence-corrected chi connectivity index (χ0v) is 15.9. The Bertz CT molecular complexity index is 821. The van der Waals surface area contributed by atoms with E-state index in [0.29, 0.717) is 26.1 Å². The molecule has 3 aromatic rings. The summed E-state index contributed by atoms with van der Waals surface area (Å²) in [7, 11) is 0. The maximum absolute atomic E-state index is 11.9. The molecule has 0 radical (unpaired) electrons. The van der Waals surface area contributed by atoms with Crippen molar-refractivity contribution in [1.29, 1.82) is 0 Å². The second-order valence-electron chi connectivity index (χ2n) is 5.86. The van der Waals surface area contributed by atoms with Gasteiger partial charge in [0.25, 0.3) is 0 Å². The Labute approximate surface area is 162 Å². The van der Waals surface area contributed by atoms with Crippen molar-refractivity contribution in [1.82, 2.24) is 14.8 Å². The van der Waals surface area contributed by atoms with Crippen LogP contribution in [0.5, 0.6) is 0 Å². The molecule has 2 aromatic heterocycles. The smallest absolute Gasteiger partial charge is 0.245 e. The maximum atomic E-state index is 11.9. The van der Waals surface area contributed by atoms with E-state index in [9.17, 15) is 4.79 Å². The average molecular weight is 386 g/mol. The van der Waals surface area contributed by atoms with E-state index in [-0.39, 0.29) is 12.3 Å². The first-order valence-electron chi connectivity index (χ1n) is 8.79. The molecule has 0 spiro atoms. The molecule has 0 atom stereocenters. The number of carbonyl (C=O) groups excluding carboxylic acids is 1. The highest BCUT2D eigenvalue weighted by Crippen LogP contribution is 2.21. The highest BCUT2D eigenvalue weighted by atomic mass is 32.1. The van der Waals surface area contributed by atoms with E-state index in [1.54, 1.807) is 6.26 Å². The molecule has 1 amide bonds. The molecule has 3 rings (SSSR count). The molecule has 0 unspecified atom stereocenters. The largest absolute Gasteiger partial charge is 0.467 e. The molecule has 0 aliphatic rings. The van der Waals surface area contributed by atoms with Gasteiger partial charge in [-0.3, -0.25) is 9.63 Å². The molecule has 0 saturated carbocycles. The Morgan fingerprint density at radius 2 is 2.11 bits per heavy atom. The predicted octanol–water partition coefficient (Wildman–Crippen LogP) is 3.19. The van der Waals surface area contributed by atoms with Crippen LogP contribution in [0.1, 0.15) is 30.5 Å². The fourth-order valence-corrected chi connectivity index (χ4v) is 3.21. The number of nitrogens with one attached hydrogen (secondary N) is 1. The van der Waals surface area contributed by atoms with Crippen molar-refractivity contribution in [3.63, 3.8) is 0 Å². The van der Waals surface area contributed by atoms with Crippen molar-refractivity contribution in [3.05, 3.63) is 65.9 Å². The van der Waals surface area contributed by atoms with E-state index in [4.69, 9.17) is 9.25 Å². The van der Waals surface area contributed by atoms with Crippen LogP contribution in [0.4, 0.5) is 5.13 Å². The van der Waals surface area contributed by atoms with E-state index in [2.05, 4.69) is 27.0 Å². The lowest BCUT2D eigenvalue weighted by Crippen LogP contribution is -2.30. The van der Waals surface area contributed by atoms with Crippen molar-refractivity contribution in [2.75, 3.05) is 18.1 Å². The van der Waals surface area contributed by atoms with E-state index >= 15 is 0 Å². The average Bonchev–Trinajstić information content (AvgIpc) is 3.36. The van der Waals surface area contributed by atoms with Crippen LogP contribution in [0.25, 0.3) is 0 Å². The van der Waals surface area contributed by atoms with Gasteiger partial charge < -0.3 is 9.32 Å².